The maximum absolute atomic E-state index is 11.7. The van der Waals surface area contributed by atoms with Crippen LogP contribution in [0.3, 0.4) is 0 Å². The van der Waals surface area contributed by atoms with Crippen LogP contribution in [0.4, 0.5) is 11.8 Å². The molecule has 0 unspecified atom stereocenters. The van der Waals surface area contributed by atoms with Crippen LogP contribution in [-0.4, -0.2) is 39.9 Å². The number of nitrogens with zero attached hydrogens (tertiary/aromatic N) is 2. The molecule has 3 rings (SSSR count). The van der Waals surface area contributed by atoms with E-state index < -0.39 is 5.91 Å². The van der Waals surface area contributed by atoms with Gasteiger partial charge in [0.25, 0.3) is 5.91 Å². The Kier molecular flexibility index (Phi) is 6.47. The summed E-state index contributed by atoms with van der Waals surface area (Å²) in [4.78, 5) is 31.7. The van der Waals surface area contributed by atoms with Gasteiger partial charge in [-0.2, -0.15) is 4.98 Å². The van der Waals surface area contributed by atoms with Gasteiger partial charge in [0.1, 0.15) is 5.82 Å². The third-order valence-electron chi connectivity index (χ3n) is 5.47. The molecule has 2 saturated carbocycles. The average Bonchev–Trinajstić information content (AvgIpc) is 2.64. The first-order valence-corrected chi connectivity index (χ1v) is 9.98. The molecule has 2 fully saturated rings. The molecule has 1 heterocycles. The number of nitrogens with one attached hydrogen (secondary N) is 3. The van der Waals surface area contributed by atoms with Crippen LogP contribution < -0.4 is 21.7 Å². The van der Waals surface area contributed by atoms with Crippen molar-refractivity contribution in [2.45, 2.75) is 82.8 Å². The first-order chi connectivity index (χ1) is 13.0. The predicted molar refractivity (Wildman–Crippen MR) is 105 cm³/mol. The zero-order valence-electron chi connectivity index (χ0n) is 16.0. The van der Waals surface area contributed by atoms with Gasteiger partial charge in [-0.3, -0.25) is 9.59 Å². The fourth-order valence-electron chi connectivity index (χ4n) is 4.03. The minimum Gasteiger partial charge on any atom is -0.367 e. The fourth-order valence-corrected chi connectivity index (χ4v) is 4.03. The number of anilines is 2. The lowest BCUT2D eigenvalue weighted by atomic mass is 9.91. The SMILES string of the molecule is CC(=O)NC1CCC(Nc2ncc(C(N)=O)c(NC3CCCCC3)n2)CC1. The van der Waals surface area contributed by atoms with E-state index in [9.17, 15) is 9.59 Å². The Morgan fingerprint density at radius 2 is 1.59 bits per heavy atom. The molecule has 0 saturated heterocycles. The van der Waals surface area contributed by atoms with Crippen molar-refractivity contribution < 1.29 is 9.59 Å². The Balaban J connectivity index is 1.63. The van der Waals surface area contributed by atoms with E-state index in [1.165, 1.54) is 25.5 Å². The highest BCUT2D eigenvalue weighted by molar-refractivity contribution is 5.97. The van der Waals surface area contributed by atoms with Crippen molar-refractivity contribution in [2.75, 3.05) is 10.6 Å². The second kappa shape index (κ2) is 9.01. The van der Waals surface area contributed by atoms with Gasteiger partial charge in [0.2, 0.25) is 11.9 Å². The zero-order chi connectivity index (χ0) is 19.2. The molecular weight excluding hydrogens is 344 g/mol. The summed E-state index contributed by atoms with van der Waals surface area (Å²) in [5.74, 6) is 0.547. The summed E-state index contributed by atoms with van der Waals surface area (Å²) in [5, 5.41) is 9.75. The van der Waals surface area contributed by atoms with Crippen LogP contribution in [0.2, 0.25) is 0 Å². The molecule has 2 amide bonds. The van der Waals surface area contributed by atoms with Gasteiger partial charge in [0.05, 0.1) is 5.56 Å². The van der Waals surface area contributed by atoms with Crippen molar-refractivity contribution in [3.05, 3.63) is 11.8 Å². The molecule has 8 nitrogen and oxygen atoms in total. The van der Waals surface area contributed by atoms with Crippen LogP contribution in [0, 0.1) is 0 Å². The predicted octanol–water partition coefficient (Wildman–Crippen LogP) is 2.18. The first-order valence-electron chi connectivity index (χ1n) is 9.98. The lowest BCUT2D eigenvalue weighted by Crippen LogP contribution is -2.39. The number of carbonyl (C=O) groups is 2. The van der Waals surface area contributed by atoms with E-state index in [-0.39, 0.29) is 18.0 Å². The van der Waals surface area contributed by atoms with Gasteiger partial charge in [0.15, 0.2) is 0 Å². The van der Waals surface area contributed by atoms with Crippen LogP contribution in [0.25, 0.3) is 0 Å². The Morgan fingerprint density at radius 3 is 2.22 bits per heavy atom. The summed E-state index contributed by atoms with van der Waals surface area (Å²) < 4.78 is 0. The molecule has 0 bridgehead atoms. The Bertz CT molecular complexity index is 666. The molecule has 27 heavy (non-hydrogen) atoms. The molecule has 2 aliphatic carbocycles. The maximum atomic E-state index is 11.7. The number of carbonyl (C=O) groups excluding carboxylic acids is 2. The van der Waals surface area contributed by atoms with Gasteiger partial charge in [-0.1, -0.05) is 19.3 Å². The van der Waals surface area contributed by atoms with E-state index in [1.54, 1.807) is 6.92 Å². The quantitative estimate of drug-likeness (QED) is 0.605. The summed E-state index contributed by atoms with van der Waals surface area (Å²) in [5.41, 5.74) is 5.83. The molecule has 1 aromatic heterocycles. The number of nitrogens with two attached hydrogens (primary N) is 1. The number of primary amides is 1. The second-order valence-electron chi connectivity index (χ2n) is 7.69. The van der Waals surface area contributed by atoms with Crippen molar-refractivity contribution in [3.63, 3.8) is 0 Å². The van der Waals surface area contributed by atoms with Gasteiger partial charge >= 0.3 is 0 Å². The standard InChI is InChI=1S/C19H30N6O2/c1-12(26)22-14-7-9-15(10-8-14)24-19-21-11-16(17(20)27)18(25-19)23-13-5-3-2-4-6-13/h11,13-15H,2-10H2,1H3,(H2,20,27)(H,22,26)(H2,21,23,24,25). The number of hydrogen-bond donors (Lipinski definition) is 4. The van der Waals surface area contributed by atoms with E-state index in [2.05, 4.69) is 25.9 Å². The highest BCUT2D eigenvalue weighted by Crippen LogP contribution is 2.25. The van der Waals surface area contributed by atoms with Gasteiger partial charge < -0.3 is 21.7 Å². The molecule has 0 aromatic carbocycles. The van der Waals surface area contributed by atoms with E-state index >= 15 is 0 Å². The van der Waals surface area contributed by atoms with E-state index in [1.807, 2.05) is 0 Å². The van der Waals surface area contributed by atoms with Crippen molar-refractivity contribution in [1.82, 2.24) is 15.3 Å². The molecular formula is C19H30N6O2. The molecule has 0 radical (unpaired) electrons. The fraction of sp³-hybridized carbons (Fsp3) is 0.684. The van der Waals surface area contributed by atoms with Gasteiger partial charge in [-0.25, -0.2) is 4.98 Å². The lowest BCUT2D eigenvalue weighted by molar-refractivity contribution is -0.119. The third kappa shape index (κ3) is 5.55. The molecule has 0 atom stereocenters. The van der Waals surface area contributed by atoms with Crippen molar-refractivity contribution in [3.8, 4) is 0 Å². The van der Waals surface area contributed by atoms with Crippen molar-refractivity contribution in [2.24, 2.45) is 5.73 Å². The molecule has 1 aromatic rings. The minimum absolute atomic E-state index is 0.0233. The normalized spacial score (nSPS) is 23.4. The molecule has 148 valence electrons. The van der Waals surface area contributed by atoms with E-state index in [4.69, 9.17) is 5.73 Å². The van der Waals surface area contributed by atoms with Crippen LogP contribution in [0.15, 0.2) is 6.20 Å². The molecule has 0 aliphatic heterocycles. The number of rotatable bonds is 6. The largest absolute Gasteiger partial charge is 0.367 e. The lowest BCUT2D eigenvalue weighted by Gasteiger charge is -2.29. The summed E-state index contributed by atoms with van der Waals surface area (Å²) in [6.07, 6.45) is 11.1. The van der Waals surface area contributed by atoms with Crippen LogP contribution in [0.1, 0.15) is 75.1 Å². The minimum atomic E-state index is -0.518. The van der Waals surface area contributed by atoms with Crippen molar-refractivity contribution >= 4 is 23.6 Å². The first kappa shape index (κ1) is 19.4. The highest BCUT2D eigenvalue weighted by atomic mass is 16.1. The molecule has 5 N–H and O–H groups in total. The smallest absolute Gasteiger partial charge is 0.254 e. The molecule has 8 heteroatoms. The van der Waals surface area contributed by atoms with Crippen molar-refractivity contribution in [1.29, 1.82) is 0 Å². The maximum Gasteiger partial charge on any atom is 0.254 e. The summed E-state index contributed by atoms with van der Waals surface area (Å²) in [7, 11) is 0. The highest BCUT2D eigenvalue weighted by Gasteiger charge is 2.23. The van der Waals surface area contributed by atoms with Crippen LogP contribution in [-0.2, 0) is 4.79 Å². The zero-order valence-corrected chi connectivity index (χ0v) is 16.0. The van der Waals surface area contributed by atoms with Crippen LogP contribution in [0.5, 0.6) is 0 Å². The Hall–Kier alpha value is -2.38. The monoisotopic (exact) mass is 374 g/mol. The third-order valence-corrected chi connectivity index (χ3v) is 5.47. The molecule has 2 aliphatic rings. The molecule has 0 spiro atoms. The average molecular weight is 374 g/mol. The summed E-state index contributed by atoms with van der Waals surface area (Å²) in [6, 6.07) is 0.840. The number of amides is 2. The van der Waals surface area contributed by atoms with E-state index in [0.29, 0.717) is 23.4 Å². The Labute approximate surface area is 160 Å². The summed E-state index contributed by atoms with van der Waals surface area (Å²) >= 11 is 0. The van der Waals surface area contributed by atoms with Gasteiger partial charge in [0, 0.05) is 31.2 Å². The van der Waals surface area contributed by atoms with E-state index in [0.717, 1.165) is 38.5 Å². The number of hydrogen-bond acceptors (Lipinski definition) is 6. The Morgan fingerprint density at radius 1 is 0.963 bits per heavy atom. The number of aromatic nitrogens is 2. The second-order valence-corrected chi connectivity index (χ2v) is 7.69. The topological polar surface area (TPSA) is 122 Å². The van der Waals surface area contributed by atoms with Crippen LogP contribution >= 0.6 is 0 Å². The summed E-state index contributed by atoms with van der Waals surface area (Å²) in [6.45, 7) is 1.55. The van der Waals surface area contributed by atoms with Gasteiger partial charge in [-0.15, -0.1) is 0 Å². The van der Waals surface area contributed by atoms with Gasteiger partial charge in [-0.05, 0) is 38.5 Å².